The van der Waals surface area contributed by atoms with Crippen molar-refractivity contribution in [3.63, 3.8) is 0 Å². The Hall–Kier alpha value is -0.470. The fraction of sp³-hybridized carbons (Fsp3) is 0.600. The van der Waals surface area contributed by atoms with E-state index in [1.165, 1.54) is 17.7 Å². The molecule has 0 radical (unpaired) electrons. The molecule has 2 heteroatoms. The topological polar surface area (TPSA) is 12.0 Å². The highest BCUT2D eigenvalue weighted by atomic mass is 32.2. The normalized spacial score (nSPS) is 14.5. The van der Waals surface area contributed by atoms with E-state index in [0.29, 0.717) is 6.04 Å². The van der Waals surface area contributed by atoms with Crippen LogP contribution in [-0.2, 0) is 6.42 Å². The fourth-order valence-electron chi connectivity index (χ4n) is 1.97. The summed E-state index contributed by atoms with van der Waals surface area (Å²) in [7, 11) is 0. The molecule has 0 amide bonds. The zero-order chi connectivity index (χ0) is 12.5. The van der Waals surface area contributed by atoms with Crippen LogP contribution in [0.15, 0.2) is 30.3 Å². The van der Waals surface area contributed by atoms with Gasteiger partial charge in [0.05, 0.1) is 0 Å². The lowest BCUT2D eigenvalue weighted by molar-refractivity contribution is 0.453. The Balaban J connectivity index is 2.34. The van der Waals surface area contributed by atoms with Crippen LogP contribution in [0.5, 0.6) is 0 Å². The second-order valence-corrected chi connectivity index (χ2v) is 5.67. The van der Waals surface area contributed by atoms with Gasteiger partial charge in [0.2, 0.25) is 0 Å². The second-order valence-electron chi connectivity index (χ2n) is 4.76. The monoisotopic (exact) mass is 251 g/mol. The standard InChI is InChI=1S/C15H25NS/c1-4-15(16-11-13(2)12-17-3)10-14-8-6-5-7-9-14/h5-9,13,15-16H,4,10-12H2,1-3H3. The van der Waals surface area contributed by atoms with Crippen molar-refractivity contribution in [2.45, 2.75) is 32.7 Å². The number of hydrogen-bond acceptors (Lipinski definition) is 2. The quantitative estimate of drug-likeness (QED) is 0.757. The molecule has 0 aliphatic rings. The van der Waals surface area contributed by atoms with E-state index in [1.807, 2.05) is 11.8 Å². The Kier molecular flexibility index (Phi) is 7.38. The van der Waals surface area contributed by atoms with Gasteiger partial charge in [-0.05, 0) is 42.9 Å². The highest BCUT2D eigenvalue weighted by molar-refractivity contribution is 7.98. The maximum absolute atomic E-state index is 3.69. The van der Waals surface area contributed by atoms with E-state index in [2.05, 4.69) is 55.8 Å². The summed E-state index contributed by atoms with van der Waals surface area (Å²) in [5.41, 5.74) is 1.43. The Labute approximate surface area is 110 Å². The molecule has 2 unspecified atom stereocenters. The molecule has 0 aliphatic heterocycles. The lowest BCUT2D eigenvalue weighted by Crippen LogP contribution is -2.34. The molecule has 96 valence electrons. The van der Waals surface area contributed by atoms with E-state index in [4.69, 9.17) is 0 Å². The van der Waals surface area contributed by atoms with Crippen molar-refractivity contribution >= 4 is 11.8 Å². The van der Waals surface area contributed by atoms with Crippen LogP contribution in [0.2, 0.25) is 0 Å². The van der Waals surface area contributed by atoms with E-state index in [9.17, 15) is 0 Å². The van der Waals surface area contributed by atoms with Crippen LogP contribution in [0.1, 0.15) is 25.8 Å². The molecular weight excluding hydrogens is 226 g/mol. The first-order valence-corrected chi connectivity index (χ1v) is 7.91. The molecule has 0 bridgehead atoms. The summed E-state index contributed by atoms with van der Waals surface area (Å²) in [5.74, 6) is 2.00. The second kappa shape index (κ2) is 8.60. The predicted molar refractivity (Wildman–Crippen MR) is 79.8 cm³/mol. The van der Waals surface area contributed by atoms with E-state index in [1.54, 1.807) is 0 Å². The van der Waals surface area contributed by atoms with Crippen LogP contribution in [-0.4, -0.2) is 24.6 Å². The van der Waals surface area contributed by atoms with Crippen molar-refractivity contribution in [1.29, 1.82) is 0 Å². The Morgan fingerprint density at radius 3 is 2.53 bits per heavy atom. The van der Waals surface area contributed by atoms with Crippen molar-refractivity contribution < 1.29 is 0 Å². The van der Waals surface area contributed by atoms with E-state index in [0.717, 1.165) is 18.9 Å². The molecule has 0 aliphatic carbocycles. The number of benzene rings is 1. The van der Waals surface area contributed by atoms with Crippen molar-refractivity contribution in [2.24, 2.45) is 5.92 Å². The van der Waals surface area contributed by atoms with Crippen LogP contribution < -0.4 is 5.32 Å². The number of thioether (sulfide) groups is 1. The van der Waals surface area contributed by atoms with Crippen molar-refractivity contribution in [1.82, 2.24) is 5.32 Å². The van der Waals surface area contributed by atoms with Gasteiger partial charge >= 0.3 is 0 Å². The summed E-state index contributed by atoms with van der Waals surface area (Å²) < 4.78 is 0. The van der Waals surface area contributed by atoms with Gasteiger partial charge in [-0.25, -0.2) is 0 Å². The summed E-state index contributed by atoms with van der Waals surface area (Å²) >= 11 is 1.93. The largest absolute Gasteiger partial charge is 0.313 e. The van der Waals surface area contributed by atoms with Gasteiger partial charge in [-0.1, -0.05) is 44.2 Å². The smallest absolute Gasteiger partial charge is 0.0105 e. The highest BCUT2D eigenvalue weighted by Gasteiger charge is 2.08. The summed E-state index contributed by atoms with van der Waals surface area (Å²) in [5, 5.41) is 3.69. The van der Waals surface area contributed by atoms with Gasteiger partial charge in [-0.2, -0.15) is 11.8 Å². The van der Waals surface area contributed by atoms with Crippen LogP contribution in [0.4, 0.5) is 0 Å². The SMILES string of the molecule is CCC(Cc1ccccc1)NCC(C)CSC. The third-order valence-electron chi connectivity index (χ3n) is 3.02. The molecule has 1 aromatic rings. The first kappa shape index (κ1) is 14.6. The summed E-state index contributed by atoms with van der Waals surface area (Å²) in [6.45, 7) is 5.71. The van der Waals surface area contributed by atoms with Crippen LogP contribution in [0.25, 0.3) is 0 Å². The van der Waals surface area contributed by atoms with E-state index in [-0.39, 0.29) is 0 Å². The fourth-order valence-corrected chi connectivity index (χ4v) is 2.66. The van der Waals surface area contributed by atoms with Gasteiger partial charge in [-0.15, -0.1) is 0 Å². The molecule has 0 saturated heterocycles. The molecule has 0 fully saturated rings. The minimum absolute atomic E-state index is 0.613. The molecule has 2 atom stereocenters. The molecule has 0 aromatic heterocycles. The maximum Gasteiger partial charge on any atom is 0.0105 e. The number of nitrogens with one attached hydrogen (secondary N) is 1. The third-order valence-corrected chi connectivity index (χ3v) is 3.93. The first-order valence-electron chi connectivity index (χ1n) is 6.52. The van der Waals surface area contributed by atoms with Gasteiger partial charge in [0.15, 0.2) is 0 Å². The molecule has 17 heavy (non-hydrogen) atoms. The molecule has 1 aromatic carbocycles. The van der Waals surface area contributed by atoms with E-state index >= 15 is 0 Å². The zero-order valence-corrected chi connectivity index (χ0v) is 12.1. The molecule has 1 N–H and O–H groups in total. The lowest BCUT2D eigenvalue weighted by Gasteiger charge is -2.19. The molecule has 0 saturated carbocycles. The predicted octanol–water partition coefficient (Wildman–Crippen LogP) is 3.60. The average Bonchev–Trinajstić information content (AvgIpc) is 2.36. The lowest BCUT2D eigenvalue weighted by atomic mass is 10.0. The number of rotatable bonds is 8. The Bertz CT molecular complexity index is 286. The Morgan fingerprint density at radius 1 is 1.24 bits per heavy atom. The Morgan fingerprint density at radius 2 is 1.94 bits per heavy atom. The summed E-state index contributed by atoms with van der Waals surface area (Å²) in [4.78, 5) is 0. The summed E-state index contributed by atoms with van der Waals surface area (Å²) in [6.07, 6.45) is 4.52. The zero-order valence-electron chi connectivity index (χ0n) is 11.3. The van der Waals surface area contributed by atoms with Crippen molar-refractivity contribution in [3.05, 3.63) is 35.9 Å². The van der Waals surface area contributed by atoms with Crippen LogP contribution in [0.3, 0.4) is 0 Å². The maximum atomic E-state index is 3.69. The molecule has 0 spiro atoms. The number of hydrogen-bond donors (Lipinski definition) is 1. The molecule has 1 rings (SSSR count). The minimum atomic E-state index is 0.613. The van der Waals surface area contributed by atoms with Gasteiger partial charge in [0.25, 0.3) is 0 Å². The molecular formula is C15H25NS. The third kappa shape index (κ3) is 6.13. The summed E-state index contributed by atoms with van der Waals surface area (Å²) in [6, 6.07) is 11.4. The molecule has 1 nitrogen and oxygen atoms in total. The van der Waals surface area contributed by atoms with Gasteiger partial charge in [0.1, 0.15) is 0 Å². The van der Waals surface area contributed by atoms with Crippen LogP contribution in [0, 0.1) is 5.92 Å². The molecule has 0 heterocycles. The minimum Gasteiger partial charge on any atom is -0.313 e. The van der Waals surface area contributed by atoms with E-state index < -0.39 is 0 Å². The van der Waals surface area contributed by atoms with Crippen molar-refractivity contribution in [3.8, 4) is 0 Å². The van der Waals surface area contributed by atoms with Crippen molar-refractivity contribution in [2.75, 3.05) is 18.6 Å². The van der Waals surface area contributed by atoms with Gasteiger partial charge < -0.3 is 5.32 Å². The van der Waals surface area contributed by atoms with Crippen LogP contribution >= 0.6 is 11.8 Å². The van der Waals surface area contributed by atoms with Gasteiger partial charge in [0, 0.05) is 6.04 Å². The highest BCUT2D eigenvalue weighted by Crippen LogP contribution is 2.07. The first-order chi connectivity index (χ1) is 8.26. The average molecular weight is 251 g/mol. The van der Waals surface area contributed by atoms with Gasteiger partial charge in [-0.3, -0.25) is 0 Å².